The Labute approximate surface area is 155 Å². The van der Waals surface area contributed by atoms with Gasteiger partial charge in [0.1, 0.15) is 6.10 Å². The highest BCUT2D eigenvalue weighted by Gasteiger charge is 2.26. The smallest absolute Gasteiger partial charge is 0.317 e. The summed E-state index contributed by atoms with van der Waals surface area (Å²) in [7, 11) is -3.34. The van der Waals surface area contributed by atoms with Crippen molar-refractivity contribution in [3.05, 3.63) is 53.3 Å². The number of ether oxygens (including phenoxy) is 1. The Bertz CT molecular complexity index is 812. The van der Waals surface area contributed by atoms with Gasteiger partial charge in [0.15, 0.2) is 0 Å². The molecule has 1 saturated carbocycles. The van der Waals surface area contributed by atoms with Crippen LogP contribution in [0.3, 0.4) is 0 Å². The van der Waals surface area contributed by atoms with Crippen molar-refractivity contribution in [1.29, 1.82) is 0 Å². The molecule has 0 spiro atoms. The molecule has 0 atom stereocenters. The summed E-state index contributed by atoms with van der Waals surface area (Å²) in [6.07, 6.45) is 3.11. The Morgan fingerprint density at radius 2 is 1.65 bits per heavy atom. The van der Waals surface area contributed by atoms with Crippen LogP contribution in [0.15, 0.2) is 36.4 Å². The van der Waals surface area contributed by atoms with Crippen LogP contribution in [-0.2, 0) is 15.8 Å². The van der Waals surface area contributed by atoms with Crippen LogP contribution in [-0.4, -0.2) is 30.5 Å². The maximum atomic E-state index is 12.4. The topological polar surface area (TPSA) is 81.2 Å². The molecule has 0 bridgehead atoms. The van der Waals surface area contributed by atoms with Gasteiger partial charge in [0.2, 0.25) is 10.0 Å². The van der Waals surface area contributed by atoms with Crippen molar-refractivity contribution in [2.45, 2.75) is 57.4 Å². The fourth-order valence-corrected chi connectivity index (χ4v) is 4.74. The Morgan fingerprint density at radius 3 is 2.27 bits per heavy atom. The summed E-state index contributed by atoms with van der Waals surface area (Å²) < 4.78 is 33.4. The molecule has 0 saturated heterocycles. The Balaban J connectivity index is 1.50. The van der Waals surface area contributed by atoms with Crippen molar-refractivity contribution >= 4 is 10.0 Å². The van der Waals surface area contributed by atoms with Gasteiger partial charge in [0.05, 0.1) is 5.75 Å². The SMILES string of the molecule is Cc1cc(C)nc(OC2CCC(NS(=O)(=O)Cc3ccccc3)CC2)n1. The fraction of sp³-hybridized carbons (Fsp3) is 0.474. The lowest BCUT2D eigenvalue weighted by Gasteiger charge is -2.28. The number of sulfonamides is 1. The molecular formula is C19H25N3O3S. The molecule has 1 fully saturated rings. The predicted molar refractivity (Wildman–Crippen MR) is 100 cm³/mol. The van der Waals surface area contributed by atoms with E-state index in [0.29, 0.717) is 6.01 Å². The van der Waals surface area contributed by atoms with Gasteiger partial charge in [0, 0.05) is 17.4 Å². The summed E-state index contributed by atoms with van der Waals surface area (Å²) in [5, 5.41) is 0. The molecule has 1 N–H and O–H groups in total. The Kier molecular flexibility index (Phi) is 5.88. The summed E-state index contributed by atoms with van der Waals surface area (Å²) in [6, 6.07) is 11.5. The second-order valence-electron chi connectivity index (χ2n) is 6.89. The fourth-order valence-electron chi connectivity index (χ4n) is 3.28. The van der Waals surface area contributed by atoms with Gasteiger partial charge in [0.25, 0.3) is 0 Å². The molecule has 2 aromatic rings. The minimum Gasteiger partial charge on any atom is -0.460 e. The largest absolute Gasteiger partial charge is 0.460 e. The van der Waals surface area contributed by atoms with E-state index in [1.54, 1.807) is 0 Å². The average molecular weight is 375 g/mol. The number of hydrogen-bond acceptors (Lipinski definition) is 5. The highest BCUT2D eigenvalue weighted by Crippen LogP contribution is 2.23. The molecule has 0 aliphatic heterocycles. The van der Waals surface area contributed by atoms with Gasteiger partial charge in [-0.05, 0) is 51.2 Å². The molecule has 1 heterocycles. The van der Waals surface area contributed by atoms with Crippen LogP contribution in [0.25, 0.3) is 0 Å². The first-order chi connectivity index (χ1) is 12.4. The number of hydrogen-bond donors (Lipinski definition) is 1. The van der Waals surface area contributed by atoms with E-state index in [4.69, 9.17) is 4.74 Å². The molecule has 140 valence electrons. The van der Waals surface area contributed by atoms with Crippen molar-refractivity contribution in [3.8, 4) is 6.01 Å². The third-order valence-corrected chi connectivity index (χ3v) is 5.86. The predicted octanol–water partition coefficient (Wildman–Crippen LogP) is 2.90. The number of aryl methyl sites for hydroxylation is 2. The van der Waals surface area contributed by atoms with Crippen molar-refractivity contribution in [2.24, 2.45) is 0 Å². The van der Waals surface area contributed by atoms with Crippen LogP contribution in [0, 0.1) is 13.8 Å². The van der Waals surface area contributed by atoms with E-state index in [9.17, 15) is 8.42 Å². The third kappa shape index (κ3) is 5.51. The van der Waals surface area contributed by atoms with Crippen molar-refractivity contribution in [3.63, 3.8) is 0 Å². The monoisotopic (exact) mass is 375 g/mol. The zero-order valence-electron chi connectivity index (χ0n) is 15.2. The molecule has 1 aromatic heterocycles. The molecule has 6 nitrogen and oxygen atoms in total. The lowest BCUT2D eigenvalue weighted by molar-refractivity contribution is 0.131. The van der Waals surface area contributed by atoms with Crippen LogP contribution in [0.2, 0.25) is 0 Å². The van der Waals surface area contributed by atoms with E-state index < -0.39 is 10.0 Å². The minimum absolute atomic E-state index is 0.0146. The van der Waals surface area contributed by atoms with Crippen molar-refractivity contribution in [1.82, 2.24) is 14.7 Å². The van der Waals surface area contributed by atoms with Gasteiger partial charge in [-0.3, -0.25) is 0 Å². The summed E-state index contributed by atoms with van der Waals surface area (Å²) in [5.41, 5.74) is 2.56. The summed E-state index contributed by atoms with van der Waals surface area (Å²) in [4.78, 5) is 8.62. The standard InChI is InChI=1S/C19H25N3O3S/c1-14-12-15(2)21-19(20-14)25-18-10-8-17(9-11-18)22-26(23,24)13-16-6-4-3-5-7-16/h3-7,12,17-18,22H,8-11,13H2,1-2H3. The van der Waals surface area contributed by atoms with Crippen LogP contribution in [0.1, 0.15) is 42.6 Å². The maximum Gasteiger partial charge on any atom is 0.317 e. The first kappa shape index (κ1) is 18.8. The van der Waals surface area contributed by atoms with Gasteiger partial charge in [-0.2, -0.15) is 0 Å². The molecular weight excluding hydrogens is 350 g/mol. The quantitative estimate of drug-likeness (QED) is 0.840. The average Bonchev–Trinajstić information content (AvgIpc) is 2.56. The van der Waals surface area contributed by atoms with Crippen LogP contribution < -0.4 is 9.46 Å². The molecule has 1 aromatic carbocycles. The lowest BCUT2D eigenvalue weighted by atomic mass is 9.94. The van der Waals surface area contributed by atoms with Crippen LogP contribution in [0.4, 0.5) is 0 Å². The van der Waals surface area contributed by atoms with E-state index in [-0.39, 0.29) is 17.9 Å². The summed E-state index contributed by atoms with van der Waals surface area (Å²) in [6.45, 7) is 3.83. The third-order valence-electron chi connectivity index (χ3n) is 4.45. The molecule has 0 radical (unpaired) electrons. The highest BCUT2D eigenvalue weighted by atomic mass is 32.2. The number of nitrogens with one attached hydrogen (secondary N) is 1. The summed E-state index contributed by atoms with van der Waals surface area (Å²) >= 11 is 0. The maximum absolute atomic E-state index is 12.4. The number of benzene rings is 1. The number of nitrogens with zero attached hydrogens (tertiary/aromatic N) is 2. The number of rotatable bonds is 6. The van der Waals surface area contributed by atoms with E-state index in [1.807, 2.05) is 50.2 Å². The highest BCUT2D eigenvalue weighted by molar-refractivity contribution is 7.88. The minimum atomic E-state index is -3.34. The van der Waals surface area contributed by atoms with Crippen molar-refractivity contribution in [2.75, 3.05) is 0 Å². The first-order valence-corrected chi connectivity index (χ1v) is 10.6. The second kappa shape index (κ2) is 8.14. The molecule has 26 heavy (non-hydrogen) atoms. The molecule has 1 aliphatic carbocycles. The van der Waals surface area contributed by atoms with Gasteiger partial charge >= 0.3 is 6.01 Å². The van der Waals surface area contributed by atoms with Gasteiger partial charge in [-0.15, -0.1) is 0 Å². The van der Waals surface area contributed by atoms with E-state index in [2.05, 4.69) is 14.7 Å². The Hall–Kier alpha value is -1.99. The Morgan fingerprint density at radius 1 is 1.04 bits per heavy atom. The molecule has 0 amide bonds. The van der Waals surface area contributed by atoms with E-state index in [1.165, 1.54) is 0 Å². The van der Waals surface area contributed by atoms with E-state index in [0.717, 1.165) is 42.6 Å². The zero-order chi connectivity index (χ0) is 18.6. The molecule has 0 unspecified atom stereocenters. The molecule has 1 aliphatic rings. The summed E-state index contributed by atoms with van der Waals surface area (Å²) in [5.74, 6) is 0.0146. The van der Waals surface area contributed by atoms with Crippen LogP contribution >= 0.6 is 0 Å². The zero-order valence-corrected chi connectivity index (χ0v) is 16.0. The van der Waals surface area contributed by atoms with E-state index >= 15 is 0 Å². The van der Waals surface area contributed by atoms with Crippen LogP contribution in [0.5, 0.6) is 6.01 Å². The first-order valence-electron chi connectivity index (χ1n) is 8.92. The lowest BCUT2D eigenvalue weighted by Crippen LogP contribution is -2.40. The van der Waals surface area contributed by atoms with Crippen molar-refractivity contribution < 1.29 is 13.2 Å². The van der Waals surface area contributed by atoms with Gasteiger partial charge in [-0.25, -0.2) is 23.1 Å². The van der Waals surface area contributed by atoms with Gasteiger partial charge in [-0.1, -0.05) is 30.3 Å². The molecule has 7 heteroatoms. The normalized spacial score (nSPS) is 20.7. The van der Waals surface area contributed by atoms with Gasteiger partial charge < -0.3 is 4.74 Å². The molecule has 3 rings (SSSR count). The number of aromatic nitrogens is 2. The second-order valence-corrected chi connectivity index (χ2v) is 8.64.